The average molecular weight is 302 g/mol. The minimum absolute atomic E-state index is 0.591. The Bertz CT molecular complexity index is 712. The minimum Gasteiger partial charge on any atom is -0.330 e. The molecule has 1 aliphatic rings. The number of hydrogen-bond donors (Lipinski definition) is 1. The van der Waals surface area contributed by atoms with Gasteiger partial charge < -0.3 is 10.2 Å². The topological polar surface area (TPSA) is 27.6 Å². The van der Waals surface area contributed by atoms with Gasteiger partial charge in [-0.15, -0.1) is 0 Å². The molecular weight excluding hydrogens is 290 g/mol. The number of nitrogens with zero attached hydrogens (tertiary/aromatic N) is 2. The number of fused-ring (bicyclic) bond motifs is 1. The fourth-order valence-electron chi connectivity index (χ4n) is 2.04. The highest BCUT2D eigenvalue weighted by molar-refractivity contribution is 7.80. The van der Waals surface area contributed by atoms with Crippen LogP contribution in [-0.4, -0.2) is 22.9 Å². The van der Waals surface area contributed by atoms with Crippen LogP contribution >= 0.6 is 23.8 Å². The summed E-state index contributed by atoms with van der Waals surface area (Å²) in [5, 5.41) is 4.44. The molecular formula is C15H12ClN3S. The van der Waals surface area contributed by atoms with Gasteiger partial charge in [-0.2, -0.15) is 0 Å². The number of aliphatic imine (C=N–C) groups is 1. The summed E-state index contributed by atoms with van der Waals surface area (Å²) in [4.78, 5) is 6.54. The Morgan fingerprint density at radius 1 is 1.10 bits per heavy atom. The van der Waals surface area contributed by atoms with E-state index >= 15 is 0 Å². The molecule has 2 aromatic carbocycles. The van der Waals surface area contributed by atoms with Gasteiger partial charge in [-0.1, -0.05) is 35.9 Å². The molecule has 3 nitrogen and oxygen atoms in total. The third-order valence-corrected chi connectivity index (χ3v) is 3.81. The molecule has 0 saturated heterocycles. The number of anilines is 1. The van der Waals surface area contributed by atoms with Gasteiger partial charge >= 0.3 is 0 Å². The number of benzene rings is 2. The van der Waals surface area contributed by atoms with Crippen molar-refractivity contribution in [3.8, 4) is 0 Å². The van der Waals surface area contributed by atoms with Gasteiger partial charge in [0.25, 0.3) is 0 Å². The van der Waals surface area contributed by atoms with Gasteiger partial charge in [-0.05, 0) is 36.5 Å². The van der Waals surface area contributed by atoms with E-state index in [1.54, 1.807) is 0 Å². The SMILES string of the molecule is CN1C(=S)Nc2ccccc2N=C1c1ccccc1Cl. The second-order valence-corrected chi connectivity index (χ2v) is 5.22. The van der Waals surface area contributed by atoms with E-state index in [4.69, 9.17) is 28.8 Å². The van der Waals surface area contributed by atoms with Crippen LogP contribution in [0.5, 0.6) is 0 Å². The normalized spacial score (nSPS) is 14.2. The number of rotatable bonds is 1. The molecule has 1 aliphatic heterocycles. The Labute approximate surface area is 127 Å². The van der Waals surface area contributed by atoms with Crippen molar-refractivity contribution in [1.29, 1.82) is 0 Å². The zero-order valence-corrected chi connectivity index (χ0v) is 12.4. The highest BCUT2D eigenvalue weighted by Gasteiger charge is 2.20. The molecule has 0 fully saturated rings. The minimum atomic E-state index is 0.591. The monoisotopic (exact) mass is 301 g/mol. The number of para-hydroxylation sites is 2. The molecule has 0 saturated carbocycles. The van der Waals surface area contributed by atoms with Crippen molar-refractivity contribution in [2.24, 2.45) is 4.99 Å². The first-order valence-electron chi connectivity index (χ1n) is 6.14. The van der Waals surface area contributed by atoms with Gasteiger partial charge in [0.1, 0.15) is 5.84 Å². The van der Waals surface area contributed by atoms with Crippen LogP contribution in [0.3, 0.4) is 0 Å². The molecule has 0 radical (unpaired) electrons. The molecule has 0 amide bonds. The molecule has 1 N–H and O–H groups in total. The number of amidine groups is 1. The first kappa shape index (κ1) is 13.1. The molecule has 100 valence electrons. The molecule has 20 heavy (non-hydrogen) atoms. The van der Waals surface area contributed by atoms with Crippen molar-refractivity contribution in [1.82, 2.24) is 4.90 Å². The maximum Gasteiger partial charge on any atom is 0.178 e. The van der Waals surface area contributed by atoms with E-state index in [-0.39, 0.29) is 0 Å². The van der Waals surface area contributed by atoms with E-state index in [1.807, 2.05) is 60.5 Å². The highest BCUT2D eigenvalue weighted by Crippen LogP contribution is 2.30. The number of nitrogens with one attached hydrogen (secondary N) is 1. The van der Waals surface area contributed by atoms with Crippen LogP contribution in [0, 0.1) is 0 Å². The van der Waals surface area contributed by atoms with Crippen molar-refractivity contribution >= 4 is 46.1 Å². The summed E-state index contributed by atoms with van der Waals surface area (Å²) in [6, 6.07) is 15.4. The number of halogens is 1. The average Bonchev–Trinajstić information content (AvgIpc) is 2.58. The van der Waals surface area contributed by atoms with E-state index in [1.165, 1.54) is 0 Å². The van der Waals surface area contributed by atoms with Crippen LogP contribution in [-0.2, 0) is 0 Å². The quantitative estimate of drug-likeness (QED) is 0.805. The Balaban J connectivity index is 2.20. The van der Waals surface area contributed by atoms with Crippen LogP contribution in [0.4, 0.5) is 11.4 Å². The molecule has 5 heteroatoms. The molecule has 2 aromatic rings. The smallest absolute Gasteiger partial charge is 0.178 e. The molecule has 0 spiro atoms. The lowest BCUT2D eigenvalue weighted by atomic mass is 10.2. The predicted octanol–water partition coefficient (Wildman–Crippen LogP) is 4.06. The third kappa shape index (κ3) is 2.28. The van der Waals surface area contributed by atoms with Gasteiger partial charge in [0, 0.05) is 12.6 Å². The van der Waals surface area contributed by atoms with Gasteiger partial charge in [0.15, 0.2) is 5.11 Å². The van der Waals surface area contributed by atoms with E-state index in [0.29, 0.717) is 10.1 Å². The molecule has 1 heterocycles. The predicted molar refractivity (Wildman–Crippen MR) is 88.1 cm³/mol. The number of thiocarbonyl (C=S) groups is 1. The summed E-state index contributed by atoms with van der Waals surface area (Å²) >= 11 is 11.7. The van der Waals surface area contributed by atoms with Crippen molar-refractivity contribution in [3.63, 3.8) is 0 Å². The molecule has 0 aliphatic carbocycles. The van der Waals surface area contributed by atoms with Gasteiger partial charge in [0.2, 0.25) is 0 Å². The van der Waals surface area contributed by atoms with Crippen molar-refractivity contribution in [2.75, 3.05) is 12.4 Å². The molecule has 3 rings (SSSR count). The van der Waals surface area contributed by atoms with Gasteiger partial charge in [0.05, 0.1) is 16.4 Å². The fraction of sp³-hybridized carbons (Fsp3) is 0.0667. The maximum atomic E-state index is 6.28. The van der Waals surface area contributed by atoms with Crippen LogP contribution in [0.25, 0.3) is 0 Å². The Morgan fingerprint density at radius 2 is 1.80 bits per heavy atom. The lowest BCUT2D eigenvalue weighted by molar-refractivity contribution is 0.770. The van der Waals surface area contributed by atoms with Crippen molar-refractivity contribution in [2.45, 2.75) is 0 Å². The first-order chi connectivity index (χ1) is 9.66. The summed E-state index contributed by atoms with van der Waals surface area (Å²) in [5.74, 6) is 0.734. The van der Waals surface area contributed by atoms with Crippen LogP contribution in [0.2, 0.25) is 5.02 Å². The van der Waals surface area contributed by atoms with Crippen LogP contribution in [0.1, 0.15) is 5.56 Å². The maximum absolute atomic E-state index is 6.28. The van der Waals surface area contributed by atoms with E-state index < -0.39 is 0 Å². The second-order valence-electron chi connectivity index (χ2n) is 4.42. The largest absolute Gasteiger partial charge is 0.330 e. The summed E-state index contributed by atoms with van der Waals surface area (Å²) in [7, 11) is 1.88. The fourth-order valence-corrected chi connectivity index (χ4v) is 2.46. The highest BCUT2D eigenvalue weighted by atomic mass is 35.5. The molecule has 0 bridgehead atoms. The summed E-state index contributed by atoms with van der Waals surface area (Å²) < 4.78 is 0. The Hall–Kier alpha value is -1.91. The Kier molecular flexibility index (Phi) is 3.42. The zero-order chi connectivity index (χ0) is 14.1. The second kappa shape index (κ2) is 5.23. The standard InChI is InChI=1S/C15H12ClN3S/c1-19-14(10-6-2-3-7-11(10)16)17-12-8-4-5-9-13(12)18-15(19)20/h2-9H,1H3,(H,18,20). The Morgan fingerprint density at radius 3 is 2.60 bits per heavy atom. The zero-order valence-electron chi connectivity index (χ0n) is 10.8. The van der Waals surface area contributed by atoms with E-state index in [2.05, 4.69) is 5.32 Å². The van der Waals surface area contributed by atoms with Gasteiger partial charge in [-0.3, -0.25) is 0 Å². The van der Waals surface area contributed by atoms with Crippen LogP contribution < -0.4 is 5.32 Å². The summed E-state index contributed by atoms with van der Waals surface area (Å²) in [6.07, 6.45) is 0. The lowest BCUT2D eigenvalue weighted by Gasteiger charge is -2.20. The third-order valence-electron chi connectivity index (χ3n) is 3.11. The van der Waals surface area contributed by atoms with E-state index in [9.17, 15) is 0 Å². The van der Waals surface area contributed by atoms with Gasteiger partial charge in [-0.25, -0.2) is 4.99 Å². The van der Waals surface area contributed by atoms with E-state index in [0.717, 1.165) is 22.8 Å². The molecule has 0 atom stereocenters. The summed E-state index contributed by atoms with van der Waals surface area (Å²) in [5.41, 5.74) is 2.60. The van der Waals surface area contributed by atoms with Crippen molar-refractivity contribution in [3.05, 3.63) is 59.1 Å². The number of hydrogen-bond acceptors (Lipinski definition) is 2. The lowest BCUT2D eigenvalue weighted by Crippen LogP contribution is -2.35. The summed E-state index contributed by atoms with van der Waals surface area (Å²) in [6.45, 7) is 0. The van der Waals surface area contributed by atoms with Crippen molar-refractivity contribution < 1.29 is 0 Å². The molecule has 0 aromatic heterocycles. The first-order valence-corrected chi connectivity index (χ1v) is 6.93. The van der Waals surface area contributed by atoms with Crippen LogP contribution in [0.15, 0.2) is 53.5 Å². The molecule has 0 unspecified atom stereocenters.